The molecule has 8 heteroatoms. The summed E-state index contributed by atoms with van der Waals surface area (Å²) in [7, 11) is 1.67. The Bertz CT molecular complexity index is 1350. The van der Waals surface area contributed by atoms with Crippen LogP contribution in [0.3, 0.4) is 0 Å². The average molecular weight is 467 g/mol. The number of aromatic amines is 1. The van der Waals surface area contributed by atoms with E-state index in [1.54, 1.807) is 7.11 Å². The van der Waals surface area contributed by atoms with Crippen molar-refractivity contribution in [2.75, 3.05) is 7.11 Å². The fourth-order valence-electron chi connectivity index (χ4n) is 4.26. The van der Waals surface area contributed by atoms with Crippen molar-refractivity contribution in [1.29, 1.82) is 0 Å². The van der Waals surface area contributed by atoms with Crippen LogP contribution in [0.15, 0.2) is 36.5 Å². The van der Waals surface area contributed by atoms with Crippen LogP contribution in [0, 0.1) is 4.77 Å². The van der Waals surface area contributed by atoms with Crippen LogP contribution in [0.4, 0.5) is 0 Å². The highest BCUT2D eigenvalue weighted by Crippen LogP contribution is 2.47. The van der Waals surface area contributed by atoms with Gasteiger partial charge in [-0.3, -0.25) is 9.67 Å². The number of phenols is 2. The maximum atomic E-state index is 10.6. The summed E-state index contributed by atoms with van der Waals surface area (Å²) in [5, 5.41) is 29.2. The third-order valence-electron chi connectivity index (χ3n) is 5.87. The smallest absolute Gasteiger partial charge is 0.200 e. The van der Waals surface area contributed by atoms with Gasteiger partial charge in [-0.1, -0.05) is 20.8 Å². The van der Waals surface area contributed by atoms with Gasteiger partial charge in [-0.25, -0.2) is 0 Å². The maximum Gasteiger partial charge on any atom is 0.200 e. The number of fused-ring (bicyclic) bond motifs is 1. The fourth-order valence-corrected chi connectivity index (χ4v) is 4.49. The zero-order valence-corrected chi connectivity index (χ0v) is 20.2. The van der Waals surface area contributed by atoms with Gasteiger partial charge in [-0.15, -0.1) is 0 Å². The Kier molecular flexibility index (Phi) is 6.47. The number of H-pyrrole nitrogens is 1. The van der Waals surface area contributed by atoms with Gasteiger partial charge < -0.3 is 19.5 Å². The zero-order chi connectivity index (χ0) is 23.7. The first kappa shape index (κ1) is 22.9. The highest BCUT2D eigenvalue weighted by atomic mass is 32.1. The number of aryl methyl sites for hydroxylation is 1. The number of hydrogen-bond donors (Lipinski definition) is 3. The Hall–Kier alpha value is -3.26. The molecule has 174 valence electrons. The van der Waals surface area contributed by atoms with Crippen LogP contribution in [0.1, 0.15) is 51.5 Å². The fraction of sp³-hybridized carbons (Fsp3) is 0.360. The number of hydrogen-bond acceptors (Lipinski definition) is 5. The molecule has 0 aliphatic heterocycles. The molecular weight excluding hydrogens is 436 g/mol. The third kappa shape index (κ3) is 3.99. The molecule has 0 spiro atoms. The molecular formula is C25H30N4O3S. The number of aromatic nitrogens is 4. The normalized spacial score (nSPS) is 13.1. The summed E-state index contributed by atoms with van der Waals surface area (Å²) in [5.74, 6) is 1.69. The Labute approximate surface area is 198 Å². The molecule has 0 atom stereocenters. The van der Waals surface area contributed by atoms with Gasteiger partial charge in [-0.05, 0) is 67.2 Å². The summed E-state index contributed by atoms with van der Waals surface area (Å²) in [6, 6.07) is 9.15. The first-order valence-corrected chi connectivity index (χ1v) is 11.8. The van der Waals surface area contributed by atoms with Crippen molar-refractivity contribution in [1.82, 2.24) is 19.3 Å². The molecule has 1 saturated carbocycles. The van der Waals surface area contributed by atoms with Crippen molar-refractivity contribution in [3.63, 3.8) is 0 Å². The summed E-state index contributed by atoms with van der Waals surface area (Å²) in [4.78, 5) is 0. The third-order valence-corrected chi connectivity index (χ3v) is 6.14. The topological polar surface area (TPSA) is 88.2 Å². The highest BCUT2D eigenvalue weighted by molar-refractivity contribution is 7.71. The lowest BCUT2D eigenvalue weighted by molar-refractivity contribution is 0.417. The molecule has 1 aliphatic rings. The van der Waals surface area contributed by atoms with Gasteiger partial charge in [0.25, 0.3) is 0 Å². The van der Waals surface area contributed by atoms with Crippen LogP contribution in [0.25, 0.3) is 28.0 Å². The van der Waals surface area contributed by atoms with E-state index in [4.69, 9.17) is 17.0 Å². The lowest BCUT2D eigenvalue weighted by Gasteiger charge is -2.14. The Morgan fingerprint density at radius 2 is 1.91 bits per heavy atom. The van der Waals surface area contributed by atoms with Gasteiger partial charge >= 0.3 is 0 Å². The number of benzene rings is 2. The Balaban J connectivity index is 0.00000126. The number of ether oxygens (including phenoxy) is 1. The molecule has 1 aliphatic carbocycles. The average Bonchev–Trinajstić information content (AvgIpc) is 3.47. The minimum atomic E-state index is -0.0366. The van der Waals surface area contributed by atoms with E-state index in [0.717, 1.165) is 53.7 Å². The van der Waals surface area contributed by atoms with Gasteiger partial charge in [-0.2, -0.15) is 5.10 Å². The van der Waals surface area contributed by atoms with E-state index in [0.29, 0.717) is 22.1 Å². The van der Waals surface area contributed by atoms with Crippen LogP contribution in [-0.2, 0) is 6.54 Å². The number of aromatic hydroxyl groups is 2. The van der Waals surface area contributed by atoms with Crippen molar-refractivity contribution in [3.8, 4) is 34.3 Å². The molecule has 5 rings (SSSR count). The quantitative estimate of drug-likeness (QED) is 0.291. The van der Waals surface area contributed by atoms with Gasteiger partial charge in [0.05, 0.1) is 23.9 Å². The minimum absolute atomic E-state index is 0.0366. The van der Waals surface area contributed by atoms with Crippen LogP contribution in [0.2, 0.25) is 0 Å². The summed E-state index contributed by atoms with van der Waals surface area (Å²) in [5.41, 5.74) is 3.20. The summed E-state index contributed by atoms with van der Waals surface area (Å²) < 4.78 is 10.0. The van der Waals surface area contributed by atoms with Crippen molar-refractivity contribution >= 4 is 23.1 Å². The molecule has 0 bridgehead atoms. The van der Waals surface area contributed by atoms with Gasteiger partial charge in [0.2, 0.25) is 0 Å². The van der Waals surface area contributed by atoms with Crippen molar-refractivity contribution < 1.29 is 14.9 Å². The molecule has 1 fully saturated rings. The predicted molar refractivity (Wildman–Crippen MR) is 133 cm³/mol. The number of methoxy groups -OCH3 is 1. The van der Waals surface area contributed by atoms with E-state index in [1.807, 2.05) is 48.9 Å². The second kappa shape index (κ2) is 9.31. The molecule has 33 heavy (non-hydrogen) atoms. The SMILES string of the molecule is CC.CCCn1ccc2c(-n3c(-c4cc(C5CC5)c(O)cc4O)n[nH]c3=S)ccc(OC)c21. The molecule has 3 N–H and O–H groups in total. The van der Waals surface area contributed by atoms with E-state index in [2.05, 4.69) is 21.7 Å². The van der Waals surface area contributed by atoms with Crippen molar-refractivity contribution in [2.45, 2.75) is 52.5 Å². The van der Waals surface area contributed by atoms with E-state index in [1.165, 1.54) is 6.07 Å². The summed E-state index contributed by atoms with van der Waals surface area (Å²) in [6.45, 7) is 7.01. The number of rotatable bonds is 6. The lowest BCUT2D eigenvalue weighted by Crippen LogP contribution is -2.02. The first-order chi connectivity index (χ1) is 16.0. The van der Waals surface area contributed by atoms with Crippen LogP contribution >= 0.6 is 12.2 Å². The molecule has 0 radical (unpaired) electrons. The van der Waals surface area contributed by atoms with Gasteiger partial charge in [0.15, 0.2) is 10.6 Å². The van der Waals surface area contributed by atoms with Crippen molar-refractivity contribution in [3.05, 3.63) is 46.9 Å². The van der Waals surface area contributed by atoms with Crippen LogP contribution < -0.4 is 4.74 Å². The molecule has 2 heterocycles. The monoisotopic (exact) mass is 466 g/mol. The van der Waals surface area contributed by atoms with E-state index in [-0.39, 0.29) is 11.5 Å². The molecule has 0 unspecified atom stereocenters. The standard InChI is InChI=1S/C23H24N4O3S.C2H6/c1-3-9-26-10-8-14-17(6-7-20(30-2)21(14)26)27-22(24-25-23(27)31)16-11-15(13-4-5-13)18(28)12-19(16)29;1-2/h6-8,10-13,28-29H,3-5,9H2,1-2H3,(H,25,31);1-2H3. The molecule has 2 aromatic heterocycles. The van der Waals surface area contributed by atoms with Gasteiger partial charge in [0.1, 0.15) is 17.2 Å². The van der Waals surface area contributed by atoms with Gasteiger partial charge in [0, 0.05) is 24.2 Å². The number of nitrogens with zero attached hydrogens (tertiary/aromatic N) is 3. The lowest BCUT2D eigenvalue weighted by atomic mass is 10.0. The second-order valence-corrected chi connectivity index (χ2v) is 8.34. The highest BCUT2D eigenvalue weighted by Gasteiger charge is 2.29. The number of nitrogens with one attached hydrogen (secondary N) is 1. The van der Waals surface area contributed by atoms with E-state index >= 15 is 0 Å². The molecule has 4 aromatic rings. The maximum absolute atomic E-state index is 10.6. The van der Waals surface area contributed by atoms with Crippen molar-refractivity contribution in [2.24, 2.45) is 0 Å². The molecule has 0 saturated heterocycles. The zero-order valence-electron chi connectivity index (χ0n) is 19.4. The summed E-state index contributed by atoms with van der Waals surface area (Å²) in [6.07, 6.45) is 5.12. The Morgan fingerprint density at radius 3 is 2.58 bits per heavy atom. The van der Waals surface area contributed by atoms with E-state index in [9.17, 15) is 10.2 Å². The second-order valence-electron chi connectivity index (χ2n) is 7.95. The predicted octanol–water partition coefficient (Wildman–Crippen LogP) is 6.28. The molecule has 7 nitrogen and oxygen atoms in total. The largest absolute Gasteiger partial charge is 0.508 e. The minimum Gasteiger partial charge on any atom is -0.508 e. The Morgan fingerprint density at radius 1 is 1.15 bits per heavy atom. The summed E-state index contributed by atoms with van der Waals surface area (Å²) >= 11 is 5.58. The van der Waals surface area contributed by atoms with Crippen LogP contribution in [0.5, 0.6) is 17.2 Å². The van der Waals surface area contributed by atoms with Crippen LogP contribution in [-0.4, -0.2) is 36.7 Å². The number of phenolic OH excluding ortho intramolecular Hbond substituents is 2. The molecule has 0 amide bonds. The first-order valence-electron chi connectivity index (χ1n) is 11.4. The molecule has 2 aromatic carbocycles. The van der Waals surface area contributed by atoms with E-state index < -0.39 is 0 Å².